The van der Waals surface area contributed by atoms with Crippen molar-refractivity contribution in [3.63, 3.8) is 0 Å². The molecule has 8 heteroatoms. The summed E-state index contributed by atoms with van der Waals surface area (Å²) in [5.74, 6) is 1.06. The number of thioether (sulfide) groups is 1. The molecule has 0 amide bonds. The molecule has 0 aliphatic carbocycles. The van der Waals surface area contributed by atoms with E-state index in [1.54, 1.807) is 6.33 Å². The molecule has 0 fully saturated rings. The Morgan fingerprint density at radius 1 is 1.25 bits per heavy atom. The average molecular weight is 364 g/mol. The Hall–Kier alpha value is -1.83. The van der Waals surface area contributed by atoms with E-state index in [4.69, 9.17) is 16.9 Å². The van der Waals surface area contributed by atoms with Crippen LogP contribution in [0, 0.1) is 0 Å². The van der Waals surface area contributed by atoms with Gasteiger partial charge in [-0.2, -0.15) is 0 Å². The molecule has 0 saturated heterocycles. The fourth-order valence-electron chi connectivity index (χ4n) is 2.28. The summed E-state index contributed by atoms with van der Waals surface area (Å²) in [6.07, 6.45) is 1.75. The Kier molecular flexibility index (Phi) is 5.23. The molecule has 6 nitrogen and oxygen atoms in total. The van der Waals surface area contributed by atoms with Crippen LogP contribution < -0.4 is 4.42 Å². The lowest BCUT2D eigenvalue weighted by Crippen LogP contribution is -2.08. The number of anilines is 2. The summed E-state index contributed by atoms with van der Waals surface area (Å²) in [7, 11) is 0. The van der Waals surface area contributed by atoms with E-state index in [2.05, 4.69) is 28.8 Å². The highest BCUT2D eigenvalue weighted by Crippen LogP contribution is 2.33. The zero-order valence-corrected chi connectivity index (χ0v) is 15.0. The number of hydrogen-bond acceptors (Lipinski definition) is 6. The molecule has 3 aromatic rings. The van der Waals surface area contributed by atoms with Gasteiger partial charge >= 0.3 is 0 Å². The van der Waals surface area contributed by atoms with Crippen LogP contribution in [0.2, 0.25) is 0 Å². The van der Waals surface area contributed by atoms with Gasteiger partial charge in [-0.1, -0.05) is 30.0 Å². The second-order valence-electron chi connectivity index (χ2n) is 5.44. The van der Waals surface area contributed by atoms with Crippen molar-refractivity contribution in [2.24, 2.45) is 0 Å². The molecule has 126 valence electrons. The number of hydrogen-bond donors (Lipinski definition) is 1. The molecular formula is C16H18ClN5OS. The van der Waals surface area contributed by atoms with Crippen LogP contribution in [0.4, 0.5) is 11.5 Å². The van der Waals surface area contributed by atoms with Crippen molar-refractivity contribution in [2.45, 2.75) is 25.0 Å². The Morgan fingerprint density at radius 3 is 2.67 bits per heavy atom. The third-order valence-corrected chi connectivity index (χ3v) is 4.61. The van der Waals surface area contributed by atoms with Crippen molar-refractivity contribution in [3.05, 3.63) is 36.7 Å². The largest absolute Gasteiger partial charge is 0.396 e. The number of benzene rings is 1. The van der Waals surface area contributed by atoms with Crippen LogP contribution in [0.5, 0.6) is 0 Å². The zero-order chi connectivity index (χ0) is 17.1. The maximum Gasteiger partial charge on any atom is 0.191 e. The van der Waals surface area contributed by atoms with Crippen LogP contribution in [0.3, 0.4) is 0 Å². The molecule has 0 spiro atoms. The first kappa shape index (κ1) is 17.0. The normalized spacial score (nSPS) is 11.4. The van der Waals surface area contributed by atoms with Gasteiger partial charge in [0.15, 0.2) is 22.1 Å². The fraction of sp³-hybridized carbons (Fsp3) is 0.312. The van der Waals surface area contributed by atoms with E-state index >= 15 is 0 Å². The van der Waals surface area contributed by atoms with E-state index in [0.29, 0.717) is 22.2 Å². The molecule has 0 saturated carbocycles. The second kappa shape index (κ2) is 7.38. The number of aromatic nitrogens is 4. The standard InChI is InChI=1S/C16H18ClN5OS/c1-11(2)21-10-18-13-14(21)19-16(24-9-8-23)20-15(13)22(17)12-6-4-3-5-7-12/h3-7,10-11,23H,8-9H2,1-2H3. The number of imidazole rings is 1. The van der Waals surface area contributed by atoms with E-state index in [0.717, 1.165) is 11.3 Å². The first-order chi connectivity index (χ1) is 11.6. The van der Waals surface area contributed by atoms with Crippen molar-refractivity contribution in [1.29, 1.82) is 0 Å². The molecule has 2 aromatic heterocycles. The first-order valence-corrected chi connectivity index (χ1v) is 8.93. The summed E-state index contributed by atoms with van der Waals surface area (Å²) >= 11 is 7.93. The van der Waals surface area contributed by atoms with Gasteiger partial charge in [-0.05, 0) is 26.0 Å². The number of aliphatic hydroxyl groups excluding tert-OH is 1. The summed E-state index contributed by atoms with van der Waals surface area (Å²) < 4.78 is 3.48. The van der Waals surface area contributed by atoms with Crippen LogP contribution in [0.1, 0.15) is 19.9 Å². The van der Waals surface area contributed by atoms with Gasteiger partial charge in [0.05, 0.1) is 18.6 Å². The van der Waals surface area contributed by atoms with Crippen molar-refractivity contribution < 1.29 is 5.11 Å². The average Bonchev–Trinajstić information content (AvgIpc) is 3.03. The predicted octanol–water partition coefficient (Wildman–Crippen LogP) is 3.78. The number of rotatable bonds is 6. The van der Waals surface area contributed by atoms with E-state index in [-0.39, 0.29) is 12.6 Å². The minimum Gasteiger partial charge on any atom is -0.396 e. The number of para-hydroxylation sites is 1. The molecule has 0 radical (unpaired) electrons. The highest BCUT2D eigenvalue weighted by Gasteiger charge is 2.19. The van der Waals surface area contributed by atoms with Gasteiger partial charge in [-0.15, -0.1) is 0 Å². The lowest BCUT2D eigenvalue weighted by atomic mass is 10.3. The van der Waals surface area contributed by atoms with Gasteiger partial charge < -0.3 is 9.67 Å². The topological polar surface area (TPSA) is 67.1 Å². The molecule has 24 heavy (non-hydrogen) atoms. The summed E-state index contributed by atoms with van der Waals surface area (Å²) in [5, 5.41) is 9.64. The molecule has 0 aliphatic heterocycles. The highest BCUT2D eigenvalue weighted by molar-refractivity contribution is 7.99. The number of halogens is 1. The Balaban J connectivity index is 2.14. The third-order valence-electron chi connectivity index (χ3n) is 3.43. The minimum absolute atomic E-state index is 0.0636. The quantitative estimate of drug-likeness (QED) is 0.408. The maximum atomic E-state index is 9.07. The molecule has 0 unspecified atom stereocenters. The predicted molar refractivity (Wildman–Crippen MR) is 98.0 cm³/mol. The smallest absolute Gasteiger partial charge is 0.191 e. The number of fused-ring (bicyclic) bond motifs is 1. The molecule has 3 rings (SSSR count). The van der Waals surface area contributed by atoms with Crippen molar-refractivity contribution in [2.75, 3.05) is 16.8 Å². The molecular weight excluding hydrogens is 346 g/mol. The van der Waals surface area contributed by atoms with E-state index in [1.807, 2.05) is 34.9 Å². The molecule has 1 N–H and O–H groups in total. The van der Waals surface area contributed by atoms with Crippen molar-refractivity contribution in [1.82, 2.24) is 19.5 Å². The summed E-state index contributed by atoms with van der Waals surface area (Å²) in [4.78, 5) is 13.6. The van der Waals surface area contributed by atoms with Gasteiger partial charge in [0, 0.05) is 23.6 Å². The van der Waals surface area contributed by atoms with Gasteiger partial charge in [0.1, 0.15) is 0 Å². The van der Waals surface area contributed by atoms with Crippen LogP contribution in [-0.4, -0.2) is 37.0 Å². The molecule has 0 atom stereocenters. The molecule has 1 aromatic carbocycles. The molecule has 0 aliphatic rings. The SMILES string of the molecule is CC(C)n1cnc2c(N(Cl)c3ccccc3)nc(SCCO)nc21. The van der Waals surface area contributed by atoms with Crippen LogP contribution in [0.15, 0.2) is 41.8 Å². The van der Waals surface area contributed by atoms with Gasteiger partial charge in [-0.25, -0.2) is 19.4 Å². The monoisotopic (exact) mass is 363 g/mol. The first-order valence-electron chi connectivity index (χ1n) is 7.61. The summed E-state index contributed by atoms with van der Waals surface area (Å²) in [6.45, 7) is 4.20. The number of nitrogens with zero attached hydrogens (tertiary/aromatic N) is 5. The van der Waals surface area contributed by atoms with Crippen molar-refractivity contribution >= 4 is 46.2 Å². The zero-order valence-electron chi connectivity index (χ0n) is 13.4. The highest BCUT2D eigenvalue weighted by atomic mass is 35.5. The Morgan fingerprint density at radius 2 is 2.00 bits per heavy atom. The maximum absolute atomic E-state index is 9.07. The fourth-order valence-corrected chi connectivity index (χ4v) is 3.09. The van der Waals surface area contributed by atoms with Gasteiger partial charge in [-0.3, -0.25) is 0 Å². The van der Waals surface area contributed by atoms with Gasteiger partial charge in [0.25, 0.3) is 0 Å². The molecule has 0 bridgehead atoms. The van der Waals surface area contributed by atoms with Crippen LogP contribution >= 0.6 is 23.5 Å². The van der Waals surface area contributed by atoms with Crippen LogP contribution in [-0.2, 0) is 0 Å². The lowest BCUT2D eigenvalue weighted by molar-refractivity contribution is 0.322. The van der Waals surface area contributed by atoms with E-state index in [1.165, 1.54) is 16.2 Å². The lowest BCUT2D eigenvalue weighted by Gasteiger charge is -2.16. The third kappa shape index (κ3) is 3.33. The van der Waals surface area contributed by atoms with Crippen LogP contribution in [0.25, 0.3) is 11.2 Å². The minimum atomic E-state index is 0.0636. The van der Waals surface area contributed by atoms with Gasteiger partial charge in [0.2, 0.25) is 0 Å². The van der Waals surface area contributed by atoms with E-state index < -0.39 is 0 Å². The summed E-state index contributed by atoms with van der Waals surface area (Å²) in [5.41, 5.74) is 2.18. The number of aliphatic hydroxyl groups is 1. The Bertz CT molecular complexity index is 824. The van der Waals surface area contributed by atoms with Crippen molar-refractivity contribution in [3.8, 4) is 0 Å². The summed E-state index contributed by atoms with van der Waals surface area (Å²) in [6, 6.07) is 9.78. The Labute approximate surface area is 149 Å². The van der Waals surface area contributed by atoms with E-state index in [9.17, 15) is 0 Å². The second-order valence-corrected chi connectivity index (χ2v) is 6.84. The molecule has 2 heterocycles.